The molecule has 2 nitrogen and oxygen atoms in total. The topological polar surface area (TPSA) is 18.5 Å². The smallest absolute Gasteiger partial charge is 0.297 e. The molecule has 2 unspecified atom stereocenters. The molecule has 0 N–H and O–H groups in total. The first-order chi connectivity index (χ1) is 11.4. The fourth-order valence-electron chi connectivity index (χ4n) is 2.15. The molecule has 0 aliphatic carbocycles. The molecule has 0 aromatic carbocycles. The van der Waals surface area contributed by atoms with Crippen LogP contribution < -0.4 is 0 Å². The summed E-state index contributed by atoms with van der Waals surface area (Å²) in [5.74, 6) is 0. The molecule has 0 spiro atoms. The highest BCUT2D eigenvalue weighted by atomic mass is 35.6. The van der Waals surface area contributed by atoms with E-state index in [0.717, 1.165) is 63.1 Å². The number of halogens is 2. The zero-order valence-electron chi connectivity index (χ0n) is 15.4. The van der Waals surface area contributed by atoms with E-state index in [1.807, 2.05) is 12.2 Å². The van der Waals surface area contributed by atoms with Crippen molar-refractivity contribution in [3.63, 3.8) is 0 Å². The Balaban J connectivity index is 4.53. The molecule has 0 radical (unpaired) electrons. The molecule has 0 bridgehead atoms. The Bertz CT molecular complexity index is 346. The normalized spacial score (nSPS) is 16.7. The number of unbranched alkanes of at least 4 members (excludes halogenated alkanes) is 2. The van der Waals surface area contributed by atoms with E-state index in [4.69, 9.17) is 31.0 Å². The van der Waals surface area contributed by atoms with Gasteiger partial charge in [0.2, 0.25) is 0 Å². The molecule has 0 aliphatic heterocycles. The summed E-state index contributed by atoms with van der Waals surface area (Å²) in [6.45, 7) is 13.4. The lowest BCUT2D eigenvalue weighted by molar-refractivity contribution is 0.306. The van der Waals surface area contributed by atoms with Crippen molar-refractivity contribution < 1.29 is 8.85 Å². The monoisotopic (exact) mass is 408 g/mol. The summed E-state index contributed by atoms with van der Waals surface area (Å²) in [6, 6.07) is 3.06. The molecule has 24 heavy (non-hydrogen) atoms. The summed E-state index contributed by atoms with van der Waals surface area (Å²) in [4.78, 5) is 0. The minimum absolute atomic E-state index is 0.735. The van der Waals surface area contributed by atoms with Gasteiger partial charge in [0, 0.05) is 13.2 Å². The molecule has 0 saturated heterocycles. The Morgan fingerprint density at radius 3 is 1.42 bits per heavy atom. The summed E-state index contributed by atoms with van der Waals surface area (Å²) in [6.07, 6.45) is 12.3. The van der Waals surface area contributed by atoms with Crippen molar-refractivity contribution in [1.82, 2.24) is 0 Å². The van der Waals surface area contributed by atoms with Gasteiger partial charge in [-0.05, 0) is 37.0 Å². The Morgan fingerprint density at radius 2 is 1.12 bits per heavy atom. The van der Waals surface area contributed by atoms with E-state index in [0.29, 0.717) is 0 Å². The van der Waals surface area contributed by atoms with E-state index in [9.17, 15) is 0 Å². The van der Waals surface area contributed by atoms with Crippen LogP contribution >= 0.6 is 22.2 Å². The number of allylic oxidation sites excluding steroid dienone is 4. The van der Waals surface area contributed by atoms with Gasteiger partial charge < -0.3 is 8.85 Å². The Morgan fingerprint density at radius 1 is 0.750 bits per heavy atom. The van der Waals surface area contributed by atoms with Crippen molar-refractivity contribution in [2.75, 3.05) is 13.2 Å². The van der Waals surface area contributed by atoms with Gasteiger partial charge >= 0.3 is 0 Å². The average molecular weight is 410 g/mol. The summed E-state index contributed by atoms with van der Waals surface area (Å²) in [5.41, 5.74) is 0. The van der Waals surface area contributed by atoms with Gasteiger partial charge in [-0.15, -0.1) is 35.3 Å². The highest BCUT2D eigenvalue weighted by Gasteiger charge is 2.32. The van der Waals surface area contributed by atoms with Crippen LogP contribution in [-0.2, 0) is 8.85 Å². The molecule has 0 fully saturated rings. The van der Waals surface area contributed by atoms with Crippen molar-refractivity contribution in [1.29, 1.82) is 0 Å². The first-order valence-corrected chi connectivity index (χ1v) is 15.6. The Kier molecular flexibility index (Phi) is 14.4. The molecule has 0 aliphatic rings. The zero-order chi connectivity index (χ0) is 18.3. The maximum absolute atomic E-state index is 6.71. The van der Waals surface area contributed by atoms with Crippen molar-refractivity contribution >= 4 is 37.4 Å². The quantitative estimate of drug-likeness (QED) is 0.119. The van der Waals surface area contributed by atoms with Crippen LogP contribution in [0, 0.1) is 0 Å². The van der Waals surface area contributed by atoms with Gasteiger partial charge in [-0.25, -0.2) is 0 Å². The van der Waals surface area contributed by atoms with Crippen LogP contribution in [0.4, 0.5) is 0 Å². The highest BCUT2D eigenvalue weighted by Crippen LogP contribution is 2.27. The molecule has 0 amide bonds. The fraction of sp³-hybridized carbons (Fsp3) is 0.667. The standard InChI is InChI=1S/C18H34Cl2O2Si2/c1-5-9-13-21-23(19,15-7-3)17-11-12-18-24(20,16-8-4)22-14-10-6-2/h7-8,11-12H,3-6,9-10,13-18H2,1-2H3. The number of hydrogen-bond donors (Lipinski definition) is 0. The molecule has 0 saturated carbocycles. The maximum Gasteiger partial charge on any atom is 0.297 e. The molecule has 2 atom stereocenters. The fourth-order valence-corrected chi connectivity index (χ4v) is 7.53. The SMILES string of the molecule is C=CC[Si](Cl)(CC=CC[Si](Cl)(CC=C)OCCCC)OCCCC. The molecule has 6 heteroatoms. The summed E-state index contributed by atoms with van der Waals surface area (Å²) >= 11 is 13.4. The van der Waals surface area contributed by atoms with Gasteiger partial charge in [-0.2, -0.15) is 0 Å². The largest absolute Gasteiger partial charge is 0.403 e. The molecule has 140 valence electrons. The van der Waals surface area contributed by atoms with E-state index in [2.05, 4.69) is 39.2 Å². The third-order valence-corrected chi connectivity index (χ3v) is 11.1. The summed E-state index contributed by atoms with van der Waals surface area (Å²) in [7, 11) is -4.51. The second kappa shape index (κ2) is 14.3. The molecule has 0 aromatic heterocycles. The van der Waals surface area contributed by atoms with Gasteiger partial charge in [0.15, 0.2) is 0 Å². The Hall–Kier alpha value is 0.154. The second-order valence-corrected chi connectivity index (χ2v) is 15.9. The van der Waals surface area contributed by atoms with Crippen molar-refractivity contribution in [2.45, 2.75) is 63.7 Å². The van der Waals surface area contributed by atoms with Crippen LogP contribution in [0.15, 0.2) is 37.5 Å². The lowest BCUT2D eigenvalue weighted by Gasteiger charge is -2.23. The maximum atomic E-state index is 6.71. The lowest BCUT2D eigenvalue weighted by atomic mass is 10.4. The van der Waals surface area contributed by atoms with E-state index in [1.54, 1.807) is 0 Å². The predicted octanol–water partition coefficient (Wildman–Crippen LogP) is 6.91. The third kappa shape index (κ3) is 11.7. The van der Waals surface area contributed by atoms with E-state index < -0.39 is 15.3 Å². The average Bonchev–Trinajstić information content (AvgIpc) is 2.53. The van der Waals surface area contributed by atoms with Crippen LogP contribution in [0.5, 0.6) is 0 Å². The predicted molar refractivity (Wildman–Crippen MR) is 114 cm³/mol. The first-order valence-electron chi connectivity index (χ1n) is 8.97. The van der Waals surface area contributed by atoms with Gasteiger partial charge in [-0.1, -0.05) is 51.0 Å². The minimum atomic E-state index is -2.25. The molecule has 0 aromatic rings. The lowest BCUT2D eigenvalue weighted by Crippen LogP contribution is -2.32. The van der Waals surface area contributed by atoms with Crippen LogP contribution in [0.1, 0.15) is 39.5 Å². The molecular formula is C18H34Cl2O2Si2. The van der Waals surface area contributed by atoms with Crippen LogP contribution in [-0.4, -0.2) is 28.5 Å². The summed E-state index contributed by atoms with van der Waals surface area (Å²) < 4.78 is 12.0. The number of hydrogen-bond acceptors (Lipinski definition) is 2. The van der Waals surface area contributed by atoms with Crippen LogP contribution in [0.3, 0.4) is 0 Å². The first kappa shape index (κ1) is 24.2. The second-order valence-electron chi connectivity index (χ2n) is 6.04. The molecular weight excluding hydrogens is 375 g/mol. The van der Waals surface area contributed by atoms with Gasteiger partial charge in [0.1, 0.15) is 0 Å². The van der Waals surface area contributed by atoms with E-state index in [1.165, 1.54) is 0 Å². The third-order valence-electron chi connectivity index (χ3n) is 3.63. The van der Waals surface area contributed by atoms with Crippen LogP contribution in [0.2, 0.25) is 24.2 Å². The van der Waals surface area contributed by atoms with Gasteiger partial charge in [0.25, 0.3) is 15.3 Å². The summed E-state index contributed by atoms with van der Waals surface area (Å²) in [5, 5.41) is 0. The highest BCUT2D eigenvalue weighted by molar-refractivity contribution is 7.17. The van der Waals surface area contributed by atoms with Crippen molar-refractivity contribution in [3.05, 3.63) is 37.5 Å². The molecule has 0 heterocycles. The number of rotatable bonds is 16. The van der Waals surface area contributed by atoms with Crippen LogP contribution in [0.25, 0.3) is 0 Å². The zero-order valence-corrected chi connectivity index (χ0v) is 18.9. The van der Waals surface area contributed by atoms with E-state index >= 15 is 0 Å². The van der Waals surface area contributed by atoms with Gasteiger partial charge in [-0.3, -0.25) is 0 Å². The molecule has 0 rings (SSSR count). The Labute approximate surface area is 160 Å². The van der Waals surface area contributed by atoms with Crippen molar-refractivity contribution in [2.24, 2.45) is 0 Å². The minimum Gasteiger partial charge on any atom is -0.403 e. The van der Waals surface area contributed by atoms with Gasteiger partial charge in [0.05, 0.1) is 0 Å². The van der Waals surface area contributed by atoms with Crippen molar-refractivity contribution in [3.8, 4) is 0 Å². The van der Waals surface area contributed by atoms with E-state index in [-0.39, 0.29) is 0 Å².